The van der Waals surface area contributed by atoms with Gasteiger partial charge in [-0.05, 0) is 45.0 Å². The summed E-state index contributed by atoms with van der Waals surface area (Å²) in [5.41, 5.74) is 5.74. The summed E-state index contributed by atoms with van der Waals surface area (Å²) in [6.07, 6.45) is 2.53. The van der Waals surface area contributed by atoms with Gasteiger partial charge < -0.3 is 5.32 Å². The molecule has 6 nitrogen and oxygen atoms in total. The third kappa shape index (κ3) is 2.41. The maximum absolute atomic E-state index is 12.2. The van der Waals surface area contributed by atoms with Gasteiger partial charge in [0, 0.05) is 18.4 Å². The lowest BCUT2D eigenvalue weighted by Gasteiger charge is -2.45. The van der Waals surface area contributed by atoms with Crippen LogP contribution in [0.5, 0.6) is 0 Å². The average Bonchev–Trinajstić information content (AvgIpc) is 3.19. The molecular formula is C20H19N5O. The number of aromatic nitrogens is 4. The summed E-state index contributed by atoms with van der Waals surface area (Å²) in [7, 11) is 0. The number of amides is 1. The normalized spacial score (nSPS) is 22.5. The Balaban J connectivity index is 1.39. The third-order valence-corrected chi connectivity index (χ3v) is 5.68. The highest BCUT2D eigenvalue weighted by atomic mass is 16.2. The van der Waals surface area contributed by atoms with E-state index in [0.717, 1.165) is 6.42 Å². The van der Waals surface area contributed by atoms with Crippen LogP contribution in [0.25, 0.3) is 0 Å². The van der Waals surface area contributed by atoms with E-state index in [1.165, 1.54) is 33.3 Å². The van der Waals surface area contributed by atoms with Crippen LogP contribution in [0.15, 0.2) is 54.9 Å². The highest BCUT2D eigenvalue weighted by molar-refractivity contribution is 5.75. The van der Waals surface area contributed by atoms with E-state index in [0.29, 0.717) is 24.3 Å². The largest absolute Gasteiger partial charge is 0.354 e. The number of benzene rings is 2. The van der Waals surface area contributed by atoms with Crippen molar-refractivity contribution < 1.29 is 4.79 Å². The predicted molar refractivity (Wildman–Crippen MR) is 95.5 cm³/mol. The van der Waals surface area contributed by atoms with E-state index in [1.807, 2.05) is 0 Å². The van der Waals surface area contributed by atoms with E-state index in [9.17, 15) is 4.79 Å². The van der Waals surface area contributed by atoms with Gasteiger partial charge in [0.2, 0.25) is 5.91 Å². The molecule has 0 fully saturated rings. The third-order valence-electron chi connectivity index (χ3n) is 5.68. The summed E-state index contributed by atoms with van der Waals surface area (Å²) >= 11 is 0. The number of rotatable bonds is 4. The van der Waals surface area contributed by atoms with Gasteiger partial charge in [-0.15, -0.1) is 5.10 Å². The number of tetrazole rings is 1. The van der Waals surface area contributed by atoms with Crippen LogP contribution in [0.3, 0.4) is 0 Å². The zero-order chi connectivity index (χ0) is 17.5. The first-order valence-corrected chi connectivity index (χ1v) is 8.96. The van der Waals surface area contributed by atoms with Crippen molar-refractivity contribution in [1.29, 1.82) is 0 Å². The second kappa shape index (κ2) is 6.05. The smallest absolute Gasteiger partial charge is 0.241 e. The summed E-state index contributed by atoms with van der Waals surface area (Å²) in [5, 5.41) is 13.9. The van der Waals surface area contributed by atoms with Crippen LogP contribution in [-0.4, -0.2) is 32.7 Å². The van der Waals surface area contributed by atoms with Crippen molar-refractivity contribution in [2.75, 3.05) is 6.54 Å². The fourth-order valence-corrected chi connectivity index (χ4v) is 4.66. The van der Waals surface area contributed by atoms with Gasteiger partial charge in [0.15, 0.2) is 0 Å². The van der Waals surface area contributed by atoms with Gasteiger partial charge in [-0.1, -0.05) is 48.5 Å². The molecule has 3 aliphatic carbocycles. The van der Waals surface area contributed by atoms with Crippen LogP contribution in [0.4, 0.5) is 0 Å². The Hall–Kier alpha value is -3.02. The predicted octanol–water partition coefficient (Wildman–Crippen LogP) is 2.09. The average molecular weight is 345 g/mol. The van der Waals surface area contributed by atoms with Crippen LogP contribution in [0.2, 0.25) is 0 Å². The number of hydrogen-bond donors (Lipinski definition) is 1. The molecule has 1 amide bonds. The number of nitrogens with one attached hydrogen (secondary N) is 1. The molecule has 0 spiro atoms. The molecule has 0 aliphatic heterocycles. The lowest BCUT2D eigenvalue weighted by atomic mass is 9.59. The number of carbonyl (C=O) groups excluding carboxylic acids is 1. The Kier molecular flexibility index (Phi) is 3.55. The minimum absolute atomic E-state index is 0.0553. The van der Waals surface area contributed by atoms with Crippen molar-refractivity contribution in [1.82, 2.24) is 25.5 Å². The zero-order valence-electron chi connectivity index (χ0n) is 14.2. The molecule has 26 heavy (non-hydrogen) atoms. The van der Waals surface area contributed by atoms with Gasteiger partial charge in [-0.25, -0.2) is 4.68 Å². The summed E-state index contributed by atoms with van der Waals surface area (Å²) in [6, 6.07) is 17.5. The summed E-state index contributed by atoms with van der Waals surface area (Å²) in [6.45, 7) is 0.825. The molecule has 6 heteroatoms. The molecule has 130 valence electrons. The Bertz CT molecular complexity index is 905. The minimum Gasteiger partial charge on any atom is -0.354 e. The monoisotopic (exact) mass is 345 g/mol. The molecule has 0 radical (unpaired) electrons. The molecule has 6 rings (SSSR count). The molecule has 1 N–H and O–H groups in total. The maximum atomic E-state index is 12.2. The van der Waals surface area contributed by atoms with Gasteiger partial charge in [-0.2, -0.15) is 0 Å². The first-order valence-electron chi connectivity index (χ1n) is 8.96. The molecule has 3 aromatic rings. The van der Waals surface area contributed by atoms with Crippen LogP contribution < -0.4 is 5.32 Å². The van der Waals surface area contributed by atoms with E-state index < -0.39 is 0 Å². The highest BCUT2D eigenvalue weighted by Gasteiger charge is 2.42. The van der Waals surface area contributed by atoms with Gasteiger partial charge in [-0.3, -0.25) is 4.79 Å². The Morgan fingerprint density at radius 2 is 1.69 bits per heavy atom. The molecule has 1 unspecified atom stereocenters. The Morgan fingerprint density at radius 3 is 2.31 bits per heavy atom. The van der Waals surface area contributed by atoms with Crippen molar-refractivity contribution in [2.45, 2.75) is 24.8 Å². The van der Waals surface area contributed by atoms with E-state index >= 15 is 0 Å². The van der Waals surface area contributed by atoms with E-state index in [1.54, 1.807) is 0 Å². The van der Waals surface area contributed by atoms with Gasteiger partial charge in [0.25, 0.3) is 0 Å². The fourth-order valence-electron chi connectivity index (χ4n) is 4.66. The summed E-state index contributed by atoms with van der Waals surface area (Å²) < 4.78 is 1.44. The lowest BCUT2D eigenvalue weighted by Crippen LogP contribution is -2.40. The van der Waals surface area contributed by atoms with E-state index in [2.05, 4.69) is 69.4 Å². The number of nitrogens with zero attached hydrogens (tertiary/aromatic N) is 4. The van der Waals surface area contributed by atoms with Crippen LogP contribution in [-0.2, 0) is 11.3 Å². The summed E-state index contributed by atoms with van der Waals surface area (Å²) in [4.78, 5) is 12.2. The standard InChI is InChI=1S/C20H19N5O/c26-19(11-25-12-22-23-24-25)21-10-13-9-18-14-5-1-3-7-16(14)20(13)17-8-4-2-6-15(17)18/h1-8,12-13,18,20H,9-11H2,(H,21,26). The SMILES string of the molecule is O=C(Cn1cnnn1)NCC1CC2c3ccccc3C1c1ccccc12. The van der Waals surface area contributed by atoms with E-state index in [4.69, 9.17) is 0 Å². The lowest BCUT2D eigenvalue weighted by molar-refractivity contribution is -0.122. The quantitative estimate of drug-likeness (QED) is 0.786. The van der Waals surface area contributed by atoms with Crippen molar-refractivity contribution in [3.8, 4) is 0 Å². The van der Waals surface area contributed by atoms with Crippen molar-refractivity contribution in [3.63, 3.8) is 0 Å². The fraction of sp³-hybridized carbons (Fsp3) is 0.300. The second-order valence-electron chi connectivity index (χ2n) is 7.10. The van der Waals surface area contributed by atoms with Crippen molar-refractivity contribution in [2.24, 2.45) is 5.92 Å². The van der Waals surface area contributed by atoms with Gasteiger partial charge in [0.1, 0.15) is 12.9 Å². The Morgan fingerprint density at radius 1 is 1.04 bits per heavy atom. The molecule has 0 saturated carbocycles. The number of carbonyl (C=O) groups is 1. The molecule has 1 atom stereocenters. The zero-order valence-corrected chi connectivity index (χ0v) is 14.2. The van der Waals surface area contributed by atoms with Gasteiger partial charge >= 0.3 is 0 Å². The minimum atomic E-state index is -0.0553. The van der Waals surface area contributed by atoms with Crippen molar-refractivity contribution >= 4 is 5.91 Å². The molecule has 1 aromatic heterocycles. The molecule has 3 aliphatic rings. The van der Waals surface area contributed by atoms with E-state index in [-0.39, 0.29) is 12.5 Å². The summed E-state index contributed by atoms with van der Waals surface area (Å²) in [5.74, 6) is 1.12. The second-order valence-corrected chi connectivity index (χ2v) is 7.10. The van der Waals surface area contributed by atoms with Crippen molar-refractivity contribution in [3.05, 3.63) is 77.1 Å². The van der Waals surface area contributed by atoms with Crippen LogP contribution in [0, 0.1) is 5.92 Å². The first kappa shape index (κ1) is 15.3. The number of hydrogen-bond acceptors (Lipinski definition) is 4. The maximum Gasteiger partial charge on any atom is 0.241 e. The molecular weight excluding hydrogens is 326 g/mol. The molecule has 0 saturated heterocycles. The van der Waals surface area contributed by atoms with Crippen LogP contribution >= 0.6 is 0 Å². The molecule has 2 bridgehead atoms. The molecule has 2 aromatic carbocycles. The topological polar surface area (TPSA) is 72.7 Å². The first-order chi connectivity index (χ1) is 12.8. The molecule has 1 heterocycles. The highest BCUT2D eigenvalue weighted by Crippen LogP contribution is 2.55. The van der Waals surface area contributed by atoms with Gasteiger partial charge in [0.05, 0.1) is 0 Å². The van der Waals surface area contributed by atoms with Crippen LogP contribution in [0.1, 0.15) is 40.5 Å². The Labute approximate surface area is 151 Å². The number of fused-ring (bicyclic) bond motifs is 1.